The molecule has 1 heterocycles. The predicted molar refractivity (Wildman–Crippen MR) is 120 cm³/mol. The molecule has 3 rings (SSSR count). The third-order valence-corrected chi connectivity index (χ3v) is 5.06. The Balaban J connectivity index is 1.36. The lowest BCUT2D eigenvalue weighted by Crippen LogP contribution is -2.54. The van der Waals surface area contributed by atoms with Crippen LogP contribution in [0.5, 0.6) is 11.5 Å². The number of para-hydroxylation sites is 2. The molecule has 7 heteroatoms. The number of amides is 1. The van der Waals surface area contributed by atoms with E-state index in [0.29, 0.717) is 32.4 Å². The van der Waals surface area contributed by atoms with Crippen LogP contribution in [0.15, 0.2) is 48.5 Å². The summed E-state index contributed by atoms with van der Waals surface area (Å²) in [5.74, 6) is 1.25. The molecule has 0 radical (unpaired) electrons. The number of methoxy groups -OCH3 is 1. The van der Waals surface area contributed by atoms with Crippen LogP contribution in [0.4, 0.5) is 11.4 Å². The van der Waals surface area contributed by atoms with Crippen LogP contribution in [0.3, 0.4) is 0 Å². The summed E-state index contributed by atoms with van der Waals surface area (Å²) in [5.41, 5.74) is 1.12. The Kier molecular flexibility index (Phi) is 7.39. The third-order valence-electron chi connectivity index (χ3n) is 5.06. The lowest BCUT2D eigenvalue weighted by Gasteiger charge is -2.40. The van der Waals surface area contributed by atoms with Crippen molar-refractivity contribution in [1.82, 2.24) is 0 Å². The Hall–Kier alpha value is -3.22. The fourth-order valence-corrected chi connectivity index (χ4v) is 3.43. The van der Waals surface area contributed by atoms with Gasteiger partial charge in [0.25, 0.3) is 5.91 Å². The van der Waals surface area contributed by atoms with Gasteiger partial charge in [-0.15, -0.1) is 0 Å². The van der Waals surface area contributed by atoms with Crippen molar-refractivity contribution in [3.63, 3.8) is 0 Å². The van der Waals surface area contributed by atoms with Crippen LogP contribution >= 0.6 is 0 Å². The van der Waals surface area contributed by atoms with E-state index in [9.17, 15) is 9.59 Å². The number of esters is 1. The van der Waals surface area contributed by atoms with E-state index in [1.165, 1.54) is 0 Å². The van der Waals surface area contributed by atoms with E-state index < -0.39 is 5.54 Å². The number of nitrogens with one attached hydrogen (secondary N) is 1. The molecule has 0 unspecified atom stereocenters. The number of carbonyl (C=O) groups is 2. The minimum atomic E-state index is -0.672. The Labute approximate surface area is 183 Å². The molecule has 0 atom stereocenters. The van der Waals surface area contributed by atoms with E-state index in [2.05, 4.69) is 5.32 Å². The van der Waals surface area contributed by atoms with Crippen molar-refractivity contribution in [1.29, 1.82) is 0 Å². The highest BCUT2D eigenvalue weighted by Crippen LogP contribution is 2.34. The number of ether oxygens (including phenoxy) is 3. The van der Waals surface area contributed by atoms with Crippen LogP contribution in [-0.4, -0.2) is 44.3 Å². The summed E-state index contributed by atoms with van der Waals surface area (Å²) in [6.07, 6.45) is 1.44. The van der Waals surface area contributed by atoms with E-state index in [0.717, 1.165) is 22.9 Å². The SMILES string of the molecule is COc1ccc(OCCCC(=O)OCCCN2C(=O)C(C)(C)Nc3ccccc32)cc1. The van der Waals surface area contributed by atoms with Crippen molar-refractivity contribution >= 4 is 23.3 Å². The molecule has 0 spiro atoms. The number of rotatable bonds is 10. The zero-order valence-electron chi connectivity index (χ0n) is 18.3. The topological polar surface area (TPSA) is 77.1 Å². The Morgan fingerprint density at radius 2 is 1.71 bits per heavy atom. The molecule has 0 saturated heterocycles. The van der Waals surface area contributed by atoms with Crippen molar-refractivity contribution < 1.29 is 23.8 Å². The Morgan fingerprint density at radius 1 is 1.00 bits per heavy atom. The zero-order chi connectivity index (χ0) is 22.3. The summed E-state index contributed by atoms with van der Waals surface area (Å²) in [6.45, 7) is 4.94. The van der Waals surface area contributed by atoms with Gasteiger partial charge in [-0.25, -0.2) is 0 Å². The number of carbonyl (C=O) groups excluding carboxylic acids is 2. The van der Waals surface area contributed by atoms with Crippen molar-refractivity contribution in [2.75, 3.05) is 37.1 Å². The molecule has 1 N–H and O–H groups in total. The first-order valence-corrected chi connectivity index (χ1v) is 10.5. The number of hydrogen-bond donors (Lipinski definition) is 1. The number of benzene rings is 2. The average molecular weight is 427 g/mol. The van der Waals surface area contributed by atoms with Gasteiger partial charge in [0.2, 0.25) is 0 Å². The molecule has 0 aromatic heterocycles. The van der Waals surface area contributed by atoms with Crippen molar-refractivity contribution in [2.45, 2.75) is 38.6 Å². The van der Waals surface area contributed by atoms with Gasteiger partial charge in [-0.2, -0.15) is 0 Å². The van der Waals surface area contributed by atoms with Crippen LogP contribution in [0, 0.1) is 0 Å². The normalized spacial score (nSPS) is 14.4. The third kappa shape index (κ3) is 5.90. The second-order valence-corrected chi connectivity index (χ2v) is 7.93. The maximum Gasteiger partial charge on any atom is 0.305 e. The first-order chi connectivity index (χ1) is 14.9. The van der Waals surface area contributed by atoms with Crippen LogP contribution in [0.2, 0.25) is 0 Å². The second-order valence-electron chi connectivity index (χ2n) is 7.93. The Morgan fingerprint density at radius 3 is 2.45 bits per heavy atom. The summed E-state index contributed by atoms with van der Waals surface area (Å²) in [7, 11) is 1.61. The largest absolute Gasteiger partial charge is 0.497 e. The summed E-state index contributed by atoms with van der Waals surface area (Å²) < 4.78 is 16.0. The second kappa shape index (κ2) is 10.2. The van der Waals surface area contributed by atoms with E-state index in [1.807, 2.05) is 62.4 Å². The summed E-state index contributed by atoms with van der Waals surface area (Å²) in [6, 6.07) is 15.0. The van der Waals surface area contributed by atoms with Gasteiger partial charge in [0, 0.05) is 13.0 Å². The molecule has 31 heavy (non-hydrogen) atoms. The number of nitrogens with zero attached hydrogens (tertiary/aromatic N) is 1. The molecule has 0 bridgehead atoms. The number of anilines is 2. The van der Waals surface area contributed by atoms with Gasteiger partial charge in [0.05, 0.1) is 31.7 Å². The molecule has 0 aliphatic carbocycles. The highest BCUT2D eigenvalue weighted by Gasteiger charge is 2.38. The van der Waals surface area contributed by atoms with Crippen molar-refractivity contribution in [3.05, 3.63) is 48.5 Å². The van der Waals surface area contributed by atoms with E-state index in [-0.39, 0.29) is 18.5 Å². The molecule has 7 nitrogen and oxygen atoms in total. The van der Waals surface area contributed by atoms with Gasteiger partial charge in [-0.05, 0) is 63.1 Å². The van der Waals surface area contributed by atoms with Crippen molar-refractivity contribution in [2.24, 2.45) is 0 Å². The first kappa shape index (κ1) is 22.5. The van der Waals surface area contributed by atoms with Gasteiger partial charge in [-0.1, -0.05) is 12.1 Å². The van der Waals surface area contributed by atoms with Gasteiger partial charge in [0.15, 0.2) is 0 Å². The summed E-state index contributed by atoms with van der Waals surface area (Å²) in [4.78, 5) is 26.5. The molecular formula is C24H30N2O5. The molecule has 1 aliphatic heterocycles. The maximum absolute atomic E-state index is 12.8. The van der Waals surface area contributed by atoms with E-state index in [4.69, 9.17) is 14.2 Å². The predicted octanol–water partition coefficient (Wildman–Crippen LogP) is 4.02. The summed E-state index contributed by atoms with van der Waals surface area (Å²) >= 11 is 0. The van der Waals surface area contributed by atoms with E-state index in [1.54, 1.807) is 12.0 Å². The fraction of sp³-hybridized carbons (Fsp3) is 0.417. The smallest absolute Gasteiger partial charge is 0.305 e. The fourth-order valence-electron chi connectivity index (χ4n) is 3.43. The monoisotopic (exact) mass is 426 g/mol. The van der Waals surface area contributed by atoms with Crippen LogP contribution in [0.25, 0.3) is 0 Å². The highest BCUT2D eigenvalue weighted by molar-refractivity contribution is 6.07. The van der Waals surface area contributed by atoms with Gasteiger partial charge in [0.1, 0.15) is 17.0 Å². The van der Waals surface area contributed by atoms with Gasteiger partial charge in [-0.3, -0.25) is 9.59 Å². The van der Waals surface area contributed by atoms with Gasteiger partial charge < -0.3 is 24.4 Å². The molecule has 0 saturated carbocycles. The maximum atomic E-state index is 12.8. The Bertz CT molecular complexity index is 895. The van der Waals surface area contributed by atoms with Crippen molar-refractivity contribution in [3.8, 4) is 11.5 Å². The minimum absolute atomic E-state index is 0.00760. The molecule has 166 valence electrons. The minimum Gasteiger partial charge on any atom is -0.497 e. The average Bonchev–Trinajstić information content (AvgIpc) is 2.76. The van der Waals surface area contributed by atoms with Crippen LogP contribution in [0.1, 0.15) is 33.1 Å². The molecule has 2 aromatic rings. The lowest BCUT2D eigenvalue weighted by atomic mass is 9.98. The molecule has 2 aromatic carbocycles. The van der Waals surface area contributed by atoms with Crippen LogP contribution < -0.4 is 19.7 Å². The number of hydrogen-bond acceptors (Lipinski definition) is 6. The first-order valence-electron chi connectivity index (χ1n) is 10.5. The molecule has 0 fully saturated rings. The molecule has 1 aliphatic rings. The molecule has 1 amide bonds. The molecular weight excluding hydrogens is 396 g/mol. The number of fused-ring (bicyclic) bond motifs is 1. The zero-order valence-corrected chi connectivity index (χ0v) is 18.3. The lowest BCUT2D eigenvalue weighted by molar-refractivity contribution is -0.143. The highest BCUT2D eigenvalue weighted by atomic mass is 16.5. The summed E-state index contributed by atoms with van der Waals surface area (Å²) in [5, 5.41) is 3.28. The standard InChI is InChI=1S/C24H30N2O5/c1-24(2)23(28)26(21-9-5-4-8-20(21)25-24)15-7-17-31-22(27)10-6-16-30-19-13-11-18(29-3)12-14-19/h4-5,8-9,11-14,25H,6-7,10,15-17H2,1-3H3. The quantitative estimate of drug-likeness (QED) is 0.457. The van der Waals surface area contributed by atoms with Crippen LogP contribution in [-0.2, 0) is 14.3 Å². The van der Waals surface area contributed by atoms with Gasteiger partial charge >= 0.3 is 5.97 Å². The van der Waals surface area contributed by atoms with E-state index >= 15 is 0 Å².